The van der Waals surface area contributed by atoms with E-state index in [0.717, 1.165) is 11.5 Å². The van der Waals surface area contributed by atoms with E-state index in [9.17, 15) is 4.79 Å². The van der Waals surface area contributed by atoms with Gasteiger partial charge in [-0.2, -0.15) is 0 Å². The molecule has 0 N–H and O–H groups in total. The van der Waals surface area contributed by atoms with Crippen LogP contribution in [0.25, 0.3) is 0 Å². The van der Waals surface area contributed by atoms with Crippen molar-refractivity contribution in [3.8, 4) is 5.75 Å². The van der Waals surface area contributed by atoms with Crippen molar-refractivity contribution in [3.63, 3.8) is 0 Å². The molecule has 0 unspecified atom stereocenters. The third kappa shape index (κ3) is 2.71. The number of nitrogens with zero attached hydrogens (tertiary/aromatic N) is 1. The Hall–Kier alpha value is -1.81. The molecule has 0 aliphatic rings. The van der Waals surface area contributed by atoms with Crippen LogP contribution < -0.4 is 4.74 Å². The minimum atomic E-state index is 0.178. The molecule has 0 bridgehead atoms. The summed E-state index contributed by atoms with van der Waals surface area (Å²) in [5.74, 6) is 1.71. The summed E-state index contributed by atoms with van der Waals surface area (Å²) < 4.78 is 10.9. The standard InChI is InChI=1S/C13H12ClNO3/c1-8-9(2)18-13(15-8)7-17-12-4-3-11(14)5-10(12)6-16/h3-6H,7H2,1-2H3. The zero-order valence-corrected chi connectivity index (χ0v) is 10.8. The molecule has 0 saturated carbocycles. The fourth-order valence-electron chi connectivity index (χ4n) is 1.48. The summed E-state index contributed by atoms with van der Waals surface area (Å²) in [5, 5.41) is 0.493. The van der Waals surface area contributed by atoms with Crippen LogP contribution in [0.5, 0.6) is 5.75 Å². The second-order valence-corrected chi connectivity index (χ2v) is 4.27. The number of halogens is 1. The first-order valence-corrected chi connectivity index (χ1v) is 5.78. The van der Waals surface area contributed by atoms with Crippen LogP contribution in [0, 0.1) is 13.8 Å². The van der Waals surface area contributed by atoms with Gasteiger partial charge in [-0.25, -0.2) is 4.98 Å². The first-order valence-electron chi connectivity index (χ1n) is 5.40. The molecule has 0 saturated heterocycles. The van der Waals surface area contributed by atoms with Gasteiger partial charge in [-0.15, -0.1) is 0 Å². The first kappa shape index (κ1) is 12.6. The lowest BCUT2D eigenvalue weighted by Crippen LogP contribution is -1.98. The van der Waals surface area contributed by atoms with Gasteiger partial charge >= 0.3 is 0 Å². The maximum Gasteiger partial charge on any atom is 0.232 e. The van der Waals surface area contributed by atoms with Crippen molar-refractivity contribution in [2.45, 2.75) is 20.5 Å². The van der Waals surface area contributed by atoms with Crippen LogP contribution in [0.3, 0.4) is 0 Å². The molecule has 0 radical (unpaired) electrons. The molecule has 1 aromatic heterocycles. The average Bonchev–Trinajstić information content (AvgIpc) is 2.67. The van der Waals surface area contributed by atoms with Gasteiger partial charge in [0.2, 0.25) is 5.89 Å². The summed E-state index contributed by atoms with van der Waals surface area (Å²) in [4.78, 5) is 15.1. The van der Waals surface area contributed by atoms with Gasteiger partial charge in [0, 0.05) is 5.02 Å². The zero-order valence-electron chi connectivity index (χ0n) is 10.1. The number of aromatic nitrogens is 1. The van der Waals surface area contributed by atoms with E-state index in [2.05, 4.69) is 4.98 Å². The predicted octanol–water partition coefficient (Wildman–Crippen LogP) is 3.34. The lowest BCUT2D eigenvalue weighted by atomic mass is 10.2. The average molecular weight is 266 g/mol. The number of ether oxygens (including phenoxy) is 1. The van der Waals surface area contributed by atoms with E-state index in [4.69, 9.17) is 20.8 Å². The Balaban J connectivity index is 2.12. The molecule has 1 heterocycles. The van der Waals surface area contributed by atoms with E-state index in [1.165, 1.54) is 0 Å². The van der Waals surface area contributed by atoms with Crippen LogP contribution in [-0.2, 0) is 6.61 Å². The Kier molecular flexibility index (Phi) is 3.67. The summed E-state index contributed by atoms with van der Waals surface area (Å²) in [6.45, 7) is 3.88. The van der Waals surface area contributed by atoms with Gasteiger partial charge in [-0.3, -0.25) is 4.79 Å². The van der Waals surface area contributed by atoms with Crippen molar-refractivity contribution in [2.24, 2.45) is 0 Å². The minimum absolute atomic E-state index is 0.178. The van der Waals surface area contributed by atoms with E-state index >= 15 is 0 Å². The highest BCUT2D eigenvalue weighted by Gasteiger charge is 2.08. The summed E-state index contributed by atoms with van der Waals surface area (Å²) in [6.07, 6.45) is 0.702. The fraction of sp³-hybridized carbons (Fsp3) is 0.231. The maximum atomic E-state index is 10.9. The van der Waals surface area contributed by atoms with Gasteiger partial charge in [0.1, 0.15) is 11.5 Å². The van der Waals surface area contributed by atoms with Crippen molar-refractivity contribution in [1.82, 2.24) is 4.98 Å². The van der Waals surface area contributed by atoms with Crippen molar-refractivity contribution in [3.05, 3.63) is 46.1 Å². The van der Waals surface area contributed by atoms with Gasteiger partial charge in [0.25, 0.3) is 0 Å². The van der Waals surface area contributed by atoms with Gasteiger partial charge in [0.15, 0.2) is 12.9 Å². The van der Waals surface area contributed by atoms with Crippen LogP contribution in [0.1, 0.15) is 27.7 Å². The lowest BCUT2D eigenvalue weighted by molar-refractivity contribution is 0.111. The molecule has 94 valence electrons. The lowest BCUT2D eigenvalue weighted by Gasteiger charge is -2.06. The number of carbonyl (C=O) groups is 1. The number of aldehydes is 1. The molecule has 0 aliphatic carbocycles. The van der Waals surface area contributed by atoms with Crippen LogP contribution in [0.4, 0.5) is 0 Å². The number of hydrogen-bond acceptors (Lipinski definition) is 4. The summed E-state index contributed by atoms with van der Waals surface area (Å²) in [7, 11) is 0. The van der Waals surface area contributed by atoms with E-state index < -0.39 is 0 Å². The predicted molar refractivity (Wildman–Crippen MR) is 67.1 cm³/mol. The van der Waals surface area contributed by atoms with Gasteiger partial charge in [-0.1, -0.05) is 11.6 Å². The zero-order chi connectivity index (χ0) is 13.1. The highest BCUT2D eigenvalue weighted by Crippen LogP contribution is 2.22. The van der Waals surface area contributed by atoms with Crippen LogP contribution in [-0.4, -0.2) is 11.3 Å². The quantitative estimate of drug-likeness (QED) is 0.796. The number of aryl methyl sites for hydroxylation is 2. The molecular formula is C13H12ClNO3. The number of hydrogen-bond donors (Lipinski definition) is 0. The molecule has 0 atom stereocenters. The Morgan fingerprint density at radius 1 is 1.44 bits per heavy atom. The van der Waals surface area contributed by atoms with E-state index in [1.807, 2.05) is 13.8 Å². The molecule has 4 nitrogen and oxygen atoms in total. The normalized spacial score (nSPS) is 10.4. The SMILES string of the molecule is Cc1nc(COc2ccc(Cl)cc2C=O)oc1C. The van der Waals surface area contributed by atoms with Crippen LogP contribution >= 0.6 is 11.6 Å². The van der Waals surface area contributed by atoms with Crippen LogP contribution in [0.2, 0.25) is 5.02 Å². The van der Waals surface area contributed by atoms with Crippen molar-refractivity contribution in [1.29, 1.82) is 0 Å². The second-order valence-electron chi connectivity index (χ2n) is 3.84. The van der Waals surface area contributed by atoms with Crippen molar-refractivity contribution < 1.29 is 13.9 Å². The van der Waals surface area contributed by atoms with Gasteiger partial charge < -0.3 is 9.15 Å². The molecular weight excluding hydrogens is 254 g/mol. The largest absolute Gasteiger partial charge is 0.483 e. The van der Waals surface area contributed by atoms with Crippen LogP contribution in [0.15, 0.2) is 22.6 Å². The number of rotatable bonds is 4. The topological polar surface area (TPSA) is 52.3 Å². The van der Waals surface area contributed by atoms with Crippen molar-refractivity contribution >= 4 is 17.9 Å². The molecule has 0 aliphatic heterocycles. The summed E-state index contributed by atoms with van der Waals surface area (Å²) in [5.41, 5.74) is 1.24. The molecule has 0 fully saturated rings. The van der Waals surface area contributed by atoms with E-state index in [-0.39, 0.29) is 6.61 Å². The number of oxazole rings is 1. The highest BCUT2D eigenvalue weighted by atomic mass is 35.5. The van der Waals surface area contributed by atoms with E-state index in [1.54, 1.807) is 18.2 Å². The molecule has 0 spiro atoms. The minimum Gasteiger partial charge on any atom is -0.483 e. The third-order valence-corrected chi connectivity index (χ3v) is 2.76. The Bertz CT molecular complexity index is 558. The third-order valence-electron chi connectivity index (χ3n) is 2.52. The Morgan fingerprint density at radius 2 is 2.22 bits per heavy atom. The highest BCUT2D eigenvalue weighted by molar-refractivity contribution is 6.30. The molecule has 5 heteroatoms. The molecule has 18 heavy (non-hydrogen) atoms. The fourth-order valence-corrected chi connectivity index (χ4v) is 1.66. The monoisotopic (exact) mass is 265 g/mol. The Morgan fingerprint density at radius 3 is 2.83 bits per heavy atom. The second kappa shape index (κ2) is 5.23. The molecule has 1 aromatic carbocycles. The smallest absolute Gasteiger partial charge is 0.232 e. The first-order chi connectivity index (χ1) is 8.60. The van der Waals surface area contributed by atoms with Gasteiger partial charge in [-0.05, 0) is 32.0 Å². The van der Waals surface area contributed by atoms with E-state index in [0.29, 0.717) is 28.5 Å². The molecule has 0 amide bonds. The summed E-state index contributed by atoms with van der Waals surface area (Å²) in [6, 6.07) is 4.86. The van der Waals surface area contributed by atoms with Gasteiger partial charge in [0.05, 0.1) is 11.3 Å². The molecule has 2 rings (SSSR count). The number of benzene rings is 1. The number of carbonyl (C=O) groups excluding carboxylic acids is 1. The molecule has 2 aromatic rings. The Labute approximate surface area is 110 Å². The summed E-state index contributed by atoms with van der Waals surface area (Å²) >= 11 is 5.79. The maximum absolute atomic E-state index is 10.9. The van der Waals surface area contributed by atoms with Crippen molar-refractivity contribution in [2.75, 3.05) is 0 Å².